The van der Waals surface area contributed by atoms with Crippen molar-refractivity contribution in [2.45, 2.75) is 25.1 Å². The lowest BCUT2D eigenvalue weighted by Crippen LogP contribution is -2.48. The van der Waals surface area contributed by atoms with E-state index >= 15 is 0 Å². The fourth-order valence-electron chi connectivity index (χ4n) is 4.57. The first kappa shape index (κ1) is 31.6. The summed E-state index contributed by atoms with van der Waals surface area (Å²) in [6.45, 7) is -0.496. The van der Waals surface area contributed by atoms with Crippen LogP contribution in [0, 0.1) is 5.92 Å². The summed E-state index contributed by atoms with van der Waals surface area (Å²) >= 11 is 0.799. The average Bonchev–Trinajstić information content (AvgIpc) is 3.76. The predicted molar refractivity (Wildman–Crippen MR) is 159 cm³/mol. The molecule has 14 heteroatoms. The number of amides is 1. The third kappa shape index (κ3) is 7.15. The van der Waals surface area contributed by atoms with Crippen molar-refractivity contribution in [3.8, 4) is 5.75 Å². The Morgan fingerprint density at radius 3 is 2.20 bits per heavy atom. The third-order valence-corrected chi connectivity index (χ3v) is 7.57. The molecule has 3 aromatic rings. The zero-order chi connectivity index (χ0) is 32.0. The third-order valence-electron chi connectivity index (χ3n) is 6.84. The zero-order valence-corrected chi connectivity index (χ0v) is 24.2. The van der Waals surface area contributed by atoms with Gasteiger partial charge in [0.05, 0.1) is 29.3 Å². The number of benzene rings is 3. The van der Waals surface area contributed by atoms with E-state index in [9.17, 15) is 34.2 Å². The predicted octanol–water partition coefficient (Wildman–Crippen LogP) is 3.38. The molecule has 4 rings (SSSR count). The Balaban J connectivity index is 1.46. The number of nitrogens with two attached hydrogens (primary N) is 2. The molecule has 1 aliphatic carbocycles. The molecule has 228 valence electrons. The van der Waals surface area contributed by atoms with Crippen molar-refractivity contribution >= 4 is 52.5 Å². The van der Waals surface area contributed by atoms with Crippen LogP contribution in [0.5, 0.6) is 5.75 Å². The molecule has 2 atom stereocenters. The van der Waals surface area contributed by atoms with Crippen LogP contribution < -0.4 is 16.2 Å². The summed E-state index contributed by atoms with van der Waals surface area (Å²) in [7, 11) is 0. The Morgan fingerprint density at radius 2 is 1.64 bits per heavy atom. The van der Waals surface area contributed by atoms with Gasteiger partial charge in [0.25, 0.3) is 0 Å². The maximum atomic E-state index is 13.4. The van der Waals surface area contributed by atoms with Gasteiger partial charge in [0.1, 0.15) is 17.9 Å². The highest BCUT2D eigenvalue weighted by molar-refractivity contribution is 8.13. The van der Waals surface area contributed by atoms with Crippen molar-refractivity contribution in [1.82, 2.24) is 4.90 Å². The maximum absolute atomic E-state index is 13.4. The number of hydrogen-bond donors (Lipinski definition) is 4. The van der Waals surface area contributed by atoms with Gasteiger partial charge in [0, 0.05) is 0 Å². The summed E-state index contributed by atoms with van der Waals surface area (Å²) in [6.07, 6.45) is 0.440. The van der Waals surface area contributed by atoms with E-state index < -0.39 is 40.6 Å². The molecule has 6 N–H and O–H groups in total. The number of thioether (sulfide) groups is 1. The fraction of sp³-hybridized carbons (Fsp3) is 0.200. The lowest BCUT2D eigenvalue weighted by molar-refractivity contribution is -0.140. The summed E-state index contributed by atoms with van der Waals surface area (Å²) in [5, 5.41) is 18.5. The van der Waals surface area contributed by atoms with E-state index in [1.165, 1.54) is 48.7 Å². The number of aliphatic imine (C=N–C) groups is 1. The molecule has 0 spiro atoms. The topological polar surface area (TPSA) is 212 Å². The molecule has 1 aliphatic rings. The van der Waals surface area contributed by atoms with E-state index in [0.29, 0.717) is 16.8 Å². The van der Waals surface area contributed by atoms with E-state index in [2.05, 4.69) is 4.99 Å². The second-order valence-electron chi connectivity index (χ2n) is 9.77. The standard InChI is InChI=1S/C30H28N4O9S/c1-44-27(40)30(14-23(30)25(37)38)34(15-18-3-2-4-20(13-18)24(35)36)29(41)42-16-17-5-11-22(12-6-17)43-26(39)19-7-9-21(10-8-19)33-28(31)32/h2-13,23H,14-16H2,1H3,(H,35,36)(H,37,38)(H4,31,32,33)/t23-,30?/m0/s1. The molecule has 44 heavy (non-hydrogen) atoms. The number of guanidine groups is 1. The zero-order valence-electron chi connectivity index (χ0n) is 23.3. The molecule has 13 nitrogen and oxygen atoms in total. The second kappa shape index (κ2) is 13.3. The number of aromatic carboxylic acids is 1. The number of ether oxygens (including phenoxy) is 2. The van der Waals surface area contributed by atoms with Gasteiger partial charge in [0.2, 0.25) is 5.12 Å². The number of esters is 1. The van der Waals surface area contributed by atoms with Gasteiger partial charge >= 0.3 is 24.0 Å². The van der Waals surface area contributed by atoms with Gasteiger partial charge in [-0.15, -0.1) is 0 Å². The molecule has 3 aromatic carbocycles. The molecular weight excluding hydrogens is 592 g/mol. The van der Waals surface area contributed by atoms with E-state index in [1.54, 1.807) is 30.3 Å². The van der Waals surface area contributed by atoms with Gasteiger partial charge < -0.3 is 31.2 Å². The number of carboxylic acid groups (broad SMARTS) is 2. The minimum atomic E-state index is -1.65. The number of rotatable bonds is 11. The molecule has 0 bridgehead atoms. The van der Waals surface area contributed by atoms with Crippen molar-refractivity contribution in [2.75, 3.05) is 6.26 Å². The van der Waals surface area contributed by atoms with Crippen LogP contribution in [0.3, 0.4) is 0 Å². The number of carboxylic acids is 2. The van der Waals surface area contributed by atoms with Gasteiger partial charge in [-0.05, 0) is 72.3 Å². The van der Waals surface area contributed by atoms with Crippen molar-refractivity contribution in [3.63, 3.8) is 0 Å². The second-order valence-corrected chi connectivity index (χ2v) is 10.6. The molecule has 0 radical (unpaired) electrons. The van der Waals surface area contributed by atoms with Gasteiger partial charge in [0.15, 0.2) is 5.96 Å². The van der Waals surface area contributed by atoms with Crippen LogP contribution in [0.1, 0.15) is 38.3 Å². The van der Waals surface area contributed by atoms with Crippen molar-refractivity contribution in [2.24, 2.45) is 22.4 Å². The average molecular weight is 621 g/mol. The molecule has 1 unspecified atom stereocenters. The van der Waals surface area contributed by atoms with Gasteiger partial charge in [-0.1, -0.05) is 36.0 Å². The summed E-state index contributed by atoms with van der Waals surface area (Å²) in [5.41, 5.74) is 10.6. The maximum Gasteiger partial charge on any atom is 0.411 e. The number of aliphatic carboxylic acids is 1. The summed E-state index contributed by atoms with van der Waals surface area (Å²) in [6, 6.07) is 18.0. The molecule has 0 aliphatic heterocycles. The number of hydrogen-bond acceptors (Lipinski definition) is 9. The quantitative estimate of drug-likeness (QED) is 0.105. The van der Waals surface area contributed by atoms with E-state index in [4.69, 9.17) is 20.9 Å². The highest BCUT2D eigenvalue weighted by Crippen LogP contribution is 2.52. The van der Waals surface area contributed by atoms with Gasteiger partial charge in [-0.25, -0.2) is 19.4 Å². The van der Waals surface area contributed by atoms with E-state index in [-0.39, 0.29) is 42.4 Å². The molecule has 0 heterocycles. The molecule has 0 saturated heterocycles. The SMILES string of the molecule is CSC(=O)C1(N(Cc2cccc(C(=O)O)c2)C(=O)OCc2ccc(OC(=O)c3ccc(N=C(N)N)cc3)cc2)C[C@H]1C(=O)O. The minimum absolute atomic E-state index is 0.0320. The molecular formula is C30H28N4O9S. The minimum Gasteiger partial charge on any atom is -0.481 e. The first-order chi connectivity index (χ1) is 20.9. The van der Waals surface area contributed by atoms with Crippen LogP contribution in [-0.2, 0) is 27.5 Å². The highest BCUT2D eigenvalue weighted by Gasteiger charge is 2.68. The Morgan fingerprint density at radius 1 is 0.955 bits per heavy atom. The number of carbonyl (C=O) groups excluding carboxylic acids is 3. The fourth-order valence-corrected chi connectivity index (χ4v) is 5.26. The van der Waals surface area contributed by atoms with E-state index in [0.717, 1.165) is 16.7 Å². The summed E-state index contributed by atoms with van der Waals surface area (Å²) in [5.74, 6) is -4.07. The summed E-state index contributed by atoms with van der Waals surface area (Å²) < 4.78 is 10.9. The Labute approximate surface area is 255 Å². The first-order valence-corrected chi connectivity index (χ1v) is 14.3. The van der Waals surface area contributed by atoms with E-state index in [1.807, 2.05) is 0 Å². The number of carbonyl (C=O) groups is 5. The number of nitrogens with zero attached hydrogens (tertiary/aromatic N) is 2. The van der Waals surface area contributed by atoms with Crippen LogP contribution in [0.25, 0.3) is 0 Å². The van der Waals surface area contributed by atoms with Gasteiger partial charge in [-0.2, -0.15) is 0 Å². The van der Waals surface area contributed by atoms with Crippen LogP contribution >= 0.6 is 11.8 Å². The Kier molecular flexibility index (Phi) is 9.54. The van der Waals surface area contributed by atoms with Crippen LogP contribution in [-0.4, -0.2) is 62.0 Å². The lowest BCUT2D eigenvalue weighted by atomic mass is 10.1. The van der Waals surface area contributed by atoms with Crippen molar-refractivity contribution < 1.29 is 43.7 Å². The Bertz CT molecular complexity index is 1620. The first-order valence-electron chi connectivity index (χ1n) is 13.0. The highest BCUT2D eigenvalue weighted by atomic mass is 32.2. The molecule has 0 aromatic heterocycles. The lowest BCUT2D eigenvalue weighted by Gasteiger charge is -2.30. The molecule has 1 amide bonds. The normalized spacial score (nSPS) is 16.7. The smallest absolute Gasteiger partial charge is 0.411 e. The van der Waals surface area contributed by atoms with Crippen molar-refractivity contribution in [1.29, 1.82) is 0 Å². The molecule has 1 saturated carbocycles. The Hall–Kier alpha value is -5.37. The van der Waals surface area contributed by atoms with Crippen molar-refractivity contribution in [3.05, 3.63) is 95.1 Å². The van der Waals surface area contributed by atoms with Crippen LogP contribution in [0.2, 0.25) is 0 Å². The molecule has 1 fully saturated rings. The largest absolute Gasteiger partial charge is 0.481 e. The van der Waals surface area contributed by atoms with Crippen LogP contribution in [0.4, 0.5) is 10.5 Å². The van der Waals surface area contributed by atoms with Gasteiger partial charge in [-0.3, -0.25) is 14.5 Å². The van der Waals surface area contributed by atoms with Crippen LogP contribution in [0.15, 0.2) is 77.8 Å². The monoisotopic (exact) mass is 620 g/mol. The summed E-state index contributed by atoms with van der Waals surface area (Å²) in [4.78, 5) is 67.2.